The van der Waals surface area contributed by atoms with E-state index in [9.17, 15) is 9.59 Å². The molecule has 1 aliphatic rings. The predicted molar refractivity (Wildman–Crippen MR) is 130 cm³/mol. The number of pyridine rings is 1. The van der Waals surface area contributed by atoms with Crippen molar-refractivity contribution < 1.29 is 9.59 Å². The van der Waals surface area contributed by atoms with E-state index in [0.29, 0.717) is 37.2 Å². The summed E-state index contributed by atoms with van der Waals surface area (Å²) in [5.74, 6) is -0.191. The monoisotopic (exact) mass is 451 g/mol. The van der Waals surface area contributed by atoms with Crippen molar-refractivity contribution >= 4 is 17.5 Å². The first kappa shape index (κ1) is 21.6. The van der Waals surface area contributed by atoms with Crippen LogP contribution in [0.4, 0.5) is 5.69 Å². The number of hydrogen-bond donors (Lipinski definition) is 1. The Hall–Kier alpha value is -4.26. The highest BCUT2D eigenvalue weighted by atomic mass is 16.2. The molecule has 1 fully saturated rings. The molecule has 2 amide bonds. The fraction of sp³-hybridized carbons (Fsp3) is 0.185. The van der Waals surface area contributed by atoms with E-state index < -0.39 is 0 Å². The van der Waals surface area contributed by atoms with E-state index in [-0.39, 0.29) is 17.7 Å². The standard InChI is InChI=1S/C27H25N5O2/c33-26(29-22-9-3-1-4-10-22)20-13-16-31(17-14-20)27(34)24-19-32(23-11-5-2-6-12-23)30-25(24)21-8-7-15-28-18-21/h1-12,15,18-20H,13-14,16-17H2,(H,29,33). The molecule has 0 radical (unpaired) electrons. The third-order valence-electron chi connectivity index (χ3n) is 6.09. The van der Waals surface area contributed by atoms with Gasteiger partial charge in [0, 0.05) is 48.8 Å². The molecule has 2 aromatic carbocycles. The van der Waals surface area contributed by atoms with Gasteiger partial charge >= 0.3 is 0 Å². The molecule has 5 rings (SSSR count). The van der Waals surface area contributed by atoms with E-state index >= 15 is 0 Å². The number of piperidine rings is 1. The van der Waals surface area contributed by atoms with Gasteiger partial charge in [-0.05, 0) is 49.2 Å². The third kappa shape index (κ3) is 4.59. The maximum Gasteiger partial charge on any atom is 0.257 e. The molecule has 7 heteroatoms. The first-order valence-corrected chi connectivity index (χ1v) is 11.4. The van der Waals surface area contributed by atoms with Crippen molar-refractivity contribution in [3.05, 3.63) is 97.0 Å². The first-order valence-electron chi connectivity index (χ1n) is 11.4. The van der Waals surface area contributed by atoms with E-state index in [0.717, 1.165) is 16.9 Å². The van der Waals surface area contributed by atoms with Crippen LogP contribution in [-0.4, -0.2) is 44.6 Å². The number of anilines is 1. The van der Waals surface area contributed by atoms with Crippen LogP contribution >= 0.6 is 0 Å². The van der Waals surface area contributed by atoms with Crippen molar-refractivity contribution in [2.24, 2.45) is 5.92 Å². The average molecular weight is 452 g/mol. The lowest BCUT2D eigenvalue weighted by atomic mass is 9.95. The number of benzene rings is 2. The molecule has 1 aliphatic heterocycles. The number of nitrogens with zero attached hydrogens (tertiary/aromatic N) is 4. The molecule has 1 N–H and O–H groups in total. The molecular formula is C27H25N5O2. The van der Waals surface area contributed by atoms with Crippen molar-refractivity contribution in [3.63, 3.8) is 0 Å². The predicted octanol–water partition coefficient (Wildman–Crippen LogP) is 4.43. The van der Waals surface area contributed by atoms with Crippen LogP contribution in [0.1, 0.15) is 23.2 Å². The summed E-state index contributed by atoms with van der Waals surface area (Å²) >= 11 is 0. The van der Waals surface area contributed by atoms with E-state index in [1.54, 1.807) is 23.3 Å². The summed E-state index contributed by atoms with van der Waals surface area (Å²) in [6.45, 7) is 1.05. The Morgan fingerprint density at radius 1 is 0.882 bits per heavy atom. The summed E-state index contributed by atoms with van der Waals surface area (Å²) < 4.78 is 1.73. The summed E-state index contributed by atoms with van der Waals surface area (Å²) in [5, 5.41) is 7.70. The van der Waals surface area contributed by atoms with Crippen LogP contribution in [0.3, 0.4) is 0 Å². The van der Waals surface area contributed by atoms with Gasteiger partial charge in [0.1, 0.15) is 5.69 Å². The largest absolute Gasteiger partial charge is 0.338 e. The minimum absolute atomic E-state index is 0.00578. The van der Waals surface area contributed by atoms with Gasteiger partial charge in [0.2, 0.25) is 5.91 Å². The van der Waals surface area contributed by atoms with Crippen molar-refractivity contribution in [3.8, 4) is 16.9 Å². The van der Waals surface area contributed by atoms with Gasteiger partial charge < -0.3 is 10.2 Å². The van der Waals surface area contributed by atoms with Crippen molar-refractivity contribution in [2.75, 3.05) is 18.4 Å². The second-order valence-corrected chi connectivity index (χ2v) is 8.33. The van der Waals surface area contributed by atoms with Crippen LogP contribution in [0, 0.1) is 5.92 Å². The molecule has 0 unspecified atom stereocenters. The maximum atomic E-state index is 13.6. The molecule has 0 atom stereocenters. The number of nitrogens with one attached hydrogen (secondary N) is 1. The SMILES string of the molecule is O=C(Nc1ccccc1)C1CCN(C(=O)c2cn(-c3ccccc3)nc2-c2cccnc2)CC1. The number of hydrogen-bond acceptors (Lipinski definition) is 4. The van der Waals surface area contributed by atoms with Crippen LogP contribution in [0.2, 0.25) is 0 Å². The van der Waals surface area contributed by atoms with Crippen molar-refractivity contribution in [2.45, 2.75) is 12.8 Å². The molecule has 170 valence electrons. The van der Waals surface area contributed by atoms with Gasteiger partial charge in [-0.1, -0.05) is 36.4 Å². The van der Waals surface area contributed by atoms with Gasteiger partial charge in [-0.3, -0.25) is 14.6 Å². The fourth-order valence-electron chi connectivity index (χ4n) is 4.24. The molecule has 34 heavy (non-hydrogen) atoms. The fourth-order valence-corrected chi connectivity index (χ4v) is 4.24. The lowest BCUT2D eigenvalue weighted by Gasteiger charge is -2.31. The molecule has 0 saturated carbocycles. The molecular weight excluding hydrogens is 426 g/mol. The zero-order chi connectivity index (χ0) is 23.3. The number of carbonyl (C=O) groups is 2. The average Bonchev–Trinajstić information content (AvgIpc) is 3.36. The second kappa shape index (κ2) is 9.70. The summed E-state index contributed by atoms with van der Waals surface area (Å²) in [4.78, 5) is 32.3. The van der Waals surface area contributed by atoms with E-state index in [2.05, 4.69) is 10.3 Å². The molecule has 0 aliphatic carbocycles. The molecule has 3 heterocycles. The highest BCUT2D eigenvalue weighted by Crippen LogP contribution is 2.27. The summed E-state index contributed by atoms with van der Waals surface area (Å²) in [7, 11) is 0. The van der Waals surface area contributed by atoms with Crippen LogP contribution in [0.25, 0.3) is 16.9 Å². The number of likely N-dealkylation sites (tertiary alicyclic amines) is 1. The first-order chi connectivity index (χ1) is 16.7. The van der Waals surface area contributed by atoms with Gasteiger partial charge in [-0.2, -0.15) is 5.10 Å². The summed E-state index contributed by atoms with van der Waals surface area (Å²) in [6, 6.07) is 22.9. The number of carbonyl (C=O) groups excluding carboxylic acids is 2. The van der Waals surface area contributed by atoms with Gasteiger partial charge in [0.15, 0.2) is 0 Å². The minimum Gasteiger partial charge on any atom is -0.338 e. The topological polar surface area (TPSA) is 80.1 Å². The molecule has 7 nitrogen and oxygen atoms in total. The number of para-hydroxylation sites is 2. The normalized spacial score (nSPS) is 14.1. The Morgan fingerprint density at radius 3 is 2.26 bits per heavy atom. The Labute approximate surface area is 198 Å². The van der Waals surface area contributed by atoms with Crippen LogP contribution in [-0.2, 0) is 4.79 Å². The Morgan fingerprint density at radius 2 is 1.59 bits per heavy atom. The van der Waals surface area contributed by atoms with Crippen LogP contribution in [0.15, 0.2) is 91.4 Å². The van der Waals surface area contributed by atoms with E-state index in [4.69, 9.17) is 5.10 Å². The van der Waals surface area contributed by atoms with Gasteiger partial charge in [-0.15, -0.1) is 0 Å². The highest BCUT2D eigenvalue weighted by molar-refractivity contribution is 6.00. The number of aromatic nitrogens is 3. The van der Waals surface area contributed by atoms with Gasteiger partial charge in [0.05, 0.1) is 11.3 Å². The zero-order valence-electron chi connectivity index (χ0n) is 18.7. The van der Waals surface area contributed by atoms with Gasteiger partial charge in [-0.25, -0.2) is 4.68 Å². The summed E-state index contributed by atoms with van der Waals surface area (Å²) in [5.41, 5.74) is 3.59. The number of amides is 2. The molecule has 1 saturated heterocycles. The quantitative estimate of drug-likeness (QED) is 0.487. The summed E-state index contributed by atoms with van der Waals surface area (Å²) in [6.07, 6.45) is 6.45. The molecule has 0 bridgehead atoms. The molecule has 2 aromatic heterocycles. The highest BCUT2D eigenvalue weighted by Gasteiger charge is 2.30. The Bertz CT molecular complexity index is 1260. The van der Waals surface area contributed by atoms with Crippen LogP contribution in [0.5, 0.6) is 0 Å². The molecule has 4 aromatic rings. The Balaban J connectivity index is 1.33. The zero-order valence-corrected chi connectivity index (χ0v) is 18.7. The second-order valence-electron chi connectivity index (χ2n) is 8.33. The molecule has 0 spiro atoms. The third-order valence-corrected chi connectivity index (χ3v) is 6.09. The van der Waals surface area contributed by atoms with Crippen LogP contribution < -0.4 is 5.32 Å². The lowest BCUT2D eigenvalue weighted by Crippen LogP contribution is -2.41. The van der Waals surface area contributed by atoms with Crippen molar-refractivity contribution in [1.82, 2.24) is 19.7 Å². The van der Waals surface area contributed by atoms with E-state index in [1.165, 1.54) is 0 Å². The van der Waals surface area contributed by atoms with E-state index in [1.807, 2.05) is 77.7 Å². The number of rotatable bonds is 5. The smallest absolute Gasteiger partial charge is 0.257 e. The van der Waals surface area contributed by atoms with Crippen molar-refractivity contribution in [1.29, 1.82) is 0 Å². The maximum absolute atomic E-state index is 13.6. The lowest BCUT2D eigenvalue weighted by molar-refractivity contribution is -0.121. The Kier molecular flexibility index (Phi) is 6.16. The van der Waals surface area contributed by atoms with Gasteiger partial charge in [0.25, 0.3) is 5.91 Å². The minimum atomic E-state index is -0.117.